The normalized spacial score (nSPS) is 29.5. The minimum atomic E-state index is -0.849. The van der Waals surface area contributed by atoms with Gasteiger partial charge in [0.15, 0.2) is 0 Å². The van der Waals surface area contributed by atoms with Gasteiger partial charge in [0.05, 0.1) is 5.94 Å². The van der Waals surface area contributed by atoms with Gasteiger partial charge in [-0.15, -0.1) is 0 Å². The minimum Gasteiger partial charge on any atom is -0.426 e. The van der Waals surface area contributed by atoms with E-state index in [1.54, 1.807) is 0 Å². The average Bonchev–Trinajstić information content (AvgIpc) is 2.30. The van der Waals surface area contributed by atoms with Crippen LogP contribution in [0.5, 0.6) is 0 Å². The fraction of sp³-hybridized carbons (Fsp3) is 0.875. The van der Waals surface area contributed by atoms with E-state index in [0.717, 1.165) is 19.3 Å². The first-order chi connectivity index (χ1) is 6.29. The van der Waals surface area contributed by atoms with Crippen LogP contribution in [0.25, 0.3) is 0 Å². The summed E-state index contributed by atoms with van der Waals surface area (Å²) in [4.78, 5) is 10.3. The Bertz CT molecular complexity index is 167. The van der Waals surface area contributed by atoms with E-state index in [1.165, 1.54) is 0 Å². The lowest BCUT2D eigenvalue weighted by molar-refractivity contribution is -0.110. The van der Waals surface area contributed by atoms with E-state index in [9.17, 15) is 9.82 Å². The molecule has 2 N–H and O–H groups in total. The Labute approximate surface area is 78.8 Å². The highest BCUT2D eigenvalue weighted by Gasteiger charge is 2.34. The van der Waals surface area contributed by atoms with Crippen molar-refractivity contribution < 1.29 is 14.5 Å². The number of hydrogen-bond donors (Lipinski definition) is 2. The Kier molecular flexibility index (Phi) is 4.25. The Morgan fingerprint density at radius 2 is 2.54 bits per heavy atom. The molecule has 74 valence electrons. The van der Waals surface area contributed by atoms with Crippen molar-refractivity contribution in [2.45, 2.75) is 32.1 Å². The van der Waals surface area contributed by atoms with Crippen molar-refractivity contribution in [1.82, 2.24) is 5.32 Å². The maximum atomic E-state index is 10.3. The molecule has 0 bridgehead atoms. The lowest BCUT2D eigenvalue weighted by Gasteiger charge is -2.23. The molecule has 1 heterocycles. The summed E-state index contributed by atoms with van der Waals surface area (Å²) in [5.41, 5.74) is 0. The Morgan fingerprint density at radius 3 is 3.15 bits per heavy atom. The van der Waals surface area contributed by atoms with Crippen LogP contribution in [0.1, 0.15) is 26.2 Å². The summed E-state index contributed by atoms with van der Waals surface area (Å²) in [5, 5.41) is 12.2. The topological polar surface area (TPSA) is 58.6 Å². The monoisotopic (exact) mass is 185 g/mol. The van der Waals surface area contributed by atoms with Gasteiger partial charge < -0.3 is 15.0 Å². The first-order valence-electron chi connectivity index (χ1n) is 4.79. The van der Waals surface area contributed by atoms with E-state index < -0.39 is 7.12 Å². The number of hydrogen-bond acceptors (Lipinski definition) is 3. The van der Waals surface area contributed by atoms with E-state index in [2.05, 4.69) is 12.2 Å². The van der Waals surface area contributed by atoms with E-state index in [-0.39, 0.29) is 5.94 Å². The van der Waals surface area contributed by atoms with Crippen molar-refractivity contribution in [3.05, 3.63) is 0 Å². The lowest BCUT2D eigenvalue weighted by Crippen LogP contribution is -2.48. The second-order valence-electron chi connectivity index (χ2n) is 3.38. The van der Waals surface area contributed by atoms with Crippen LogP contribution in [0, 0.1) is 5.92 Å². The maximum absolute atomic E-state index is 10.3. The van der Waals surface area contributed by atoms with E-state index in [0.29, 0.717) is 18.9 Å². The Hall–Kier alpha value is -0.545. The van der Waals surface area contributed by atoms with Gasteiger partial charge in [0.2, 0.25) is 6.41 Å². The summed E-state index contributed by atoms with van der Waals surface area (Å²) in [6.07, 6.45) is 3.53. The molecule has 0 aromatic rings. The third kappa shape index (κ3) is 2.71. The van der Waals surface area contributed by atoms with Crippen LogP contribution in [0.3, 0.4) is 0 Å². The van der Waals surface area contributed by atoms with Gasteiger partial charge >= 0.3 is 7.12 Å². The lowest BCUT2D eigenvalue weighted by atomic mass is 9.70. The van der Waals surface area contributed by atoms with Crippen LogP contribution in [-0.2, 0) is 9.45 Å². The van der Waals surface area contributed by atoms with Gasteiger partial charge in [-0.05, 0) is 18.8 Å². The molecule has 0 radical (unpaired) electrons. The highest BCUT2D eigenvalue weighted by Crippen LogP contribution is 2.20. The zero-order chi connectivity index (χ0) is 9.68. The summed E-state index contributed by atoms with van der Waals surface area (Å²) < 4.78 is 5.13. The molecule has 0 aliphatic carbocycles. The fourth-order valence-corrected chi connectivity index (χ4v) is 1.82. The van der Waals surface area contributed by atoms with Gasteiger partial charge in [0, 0.05) is 6.61 Å². The average molecular weight is 185 g/mol. The Morgan fingerprint density at radius 1 is 1.77 bits per heavy atom. The van der Waals surface area contributed by atoms with Gasteiger partial charge in [-0.25, -0.2) is 0 Å². The van der Waals surface area contributed by atoms with Crippen molar-refractivity contribution in [2.75, 3.05) is 6.61 Å². The van der Waals surface area contributed by atoms with Crippen LogP contribution in [0.4, 0.5) is 0 Å². The molecule has 0 saturated carbocycles. The molecule has 4 nitrogen and oxygen atoms in total. The molecule has 2 unspecified atom stereocenters. The molecule has 1 amide bonds. The summed E-state index contributed by atoms with van der Waals surface area (Å²) in [6.45, 7) is 2.64. The number of carbonyl (C=O) groups excluding carboxylic acids is 1. The quantitative estimate of drug-likeness (QED) is 0.479. The summed E-state index contributed by atoms with van der Waals surface area (Å²) in [7, 11) is -0.849. The summed E-state index contributed by atoms with van der Waals surface area (Å²) in [6, 6.07) is 0. The van der Waals surface area contributed by atoms with Crippen LogP contribution in [-0.4, -0.2) is 31.1 Å². The standard InChI is InChI=1S/C8H16BNO3/c1-2-7-4-3-5-13-9(12)8(7)10-6-11/h6-8,12H,2-5H2,1H3,(H,10,11). The highest BCUT2D eigenvalue weighted by atomic mass is 16.5. The number of amides is 1. The molecule has 2 atom stereocenters. The smallest absolute Gasteiger partial charge is 0.426 e. The molecule has 1 fully saturated rings. The van der Waals surface area contributed by atoms with E-state index >= 15 is 0 Å². The van der Waals surface area contributed by atoms with E-state index in [1.807, 2.05) is 0 Å². The van der Waals surface area contributed by atoms with Gasteiger partial charge in [-0.3, -0.25) is 4.79 Å². The molecule has 0 aromatic heterocycles. The number of nitrogens with one attached hydrogen (secondary N) is 1. The third-order valence-electron chi connectivity index (χ3n) is 2.61. The molecule has 1 aliphatic rings. The van der Waals surface area contributed by atoms with Crippen LogP contribution in [0.2, 0.25) is 0 Å². The highest BCUT2D eigenvalue weighted by molar-refractivity contribution is 6.45. The summed E-state index contributed by atoms with van der Waals surface area (Å²) >= 11 is 0. The van der Waals surface area contributed by atoms with Crippen molar-refractivity contribution in [1.29, 1.82) is 0 Å². The molecule has 1 aliphatic heterocycles. The van der Waals surface area contributed by atoms with E-state index in [4.69, 9.17) is 4.65 Å². The molecule has 0 aromatic carbocycles. The summed E-state index contributed by atoms with van der Waals surface area (Å²) in [5.74, 6) is 0.0766. The Balaban J connectivity index is 2.60. The first kappa shape index (κ1) is 10.5. The SMILES string of the molecule is CCC1CCCOB(O)C1NC=O. The second-order valence-corrected chi connectivity index (χ2v) is 3.38. The zero-order valence-electron chi connectivity index (χ0n) is 7.90. The van der Waals surface area contributed by atoms with Crippen molar-refractivity contribution in [3.8, 4) is 0 Å². The largest absolute Gasteiger partial charge is 0.478 e. The molecule has 5 heteroatoms. The first-order valence-corrected chi connectivity index (χ1v) is 4.79. The molecule has 0 spiro atoms. The predicted molar refractivity (Wildman–Crippen MR) is 49.9 cm³/mol. The minimum absolute atomic E-state index is 0.245. The molecular formula is C8H16BNO3. The molecule has 1 rings (SSSR count). The molecule has 13 heavy (non-hydrogen) atoms. The van der Waals surface area contributed by atoms with Crippen LogP contribution < -0.4 is 5.32 Å². The van der Waals surface area contributed by atoms with Crippen LogP contribution in [0.15, 0.2) is 0 Å². The van der Waals surface area contributed by atoms with Crippen molar-refractivity contribution in [3.63, 3.8) is 0 Å². The fourth-order valence-electron chi connectivity index (χ4n) is 1.82. The van der Waals surface area contributed by atoms with Gasteiger partial charge in [-0.2, -0.15) is 0 Å². The van der Waals surface area contributed by atoms with Gasteiger partial charge in [-0.1, -0.05) is 13.3 Å². The third-order valence-corrected chi connectivity index (χ3v) is 2.61. The van der Waals surface area contributed by atoms with Gasteiger partial charge in [0.25, 0.3) is 0 Å². The maximum Gasteiger partial charge on any atom is 0.478 e. The zero-order valence-corrected chi connectivity index (χ0v) is 7.90. The van der Waals surface area contributed by atoms with Crippen LogP contribution >= 0.6 is 0 Å². The van der Waals surface area contributed by atoms with Gasteiger partial charge in [0.1, 0.15) is 0 Å². The number of rotatable bonds is 3. The molecule has 1 saturated heterocycles. The number of carbonyl (C=O) groups is 1. The molecular weight excluding hydrogens is 169 g/mol. The predicted octanol–water partition coefficient (Wildman–Crippen LogP) is -0.0427. The van der Waals surface area contributed by atoms with Crippen molar-refractivity contribution in [2.24, 2.45) is 5.92 Å². The van der Waals surface area contributed by atoms with Crippen molar-refractivity contribution >= 4 is 13.5 Å². The second kappa shape index (κ2) is 5.24.